The maximum atomic E-state index is 11.5. The van der Waals surface area contributed by atoms with E-state index in [-0.39, 0.29) is 5.78 Å². The zero-order chi connectivity index (χ0) is 9.26. The molecule has 1 N–H and O–H groups in total. The molecule has 13 heavy (non-hydrogen) atoms. The third-order valence-corrected chi connectivity index (χ3v) is 2.34. The van der Waals surface area contributed by atoms with E-state index < -0.39 is 6.10 Å². The molecule has 0 radical (unpaired) electrons. The number of nitrogens with zero attached hydrogens (tertiary/aromatic N) is 1. The summed E-state index contributed by atoms with van der Waals surface area (Å²) in [6, 6.07) is 3.47. The summed E-state index contributed by atoms with van der Waals surface area (Å²) in [5.41, 5.74) is 1.14. The van der Waals surface area contributed by atoms with Gasteiger partial charge in [-0.15, -0.1) is 0 Å². The Bertz CT molecular complexity index is 335. The smallest absolute Gasteiger partial charge is 0.164 e. The topological polar surface area (TPSA) is 50.2 Å². The van der Waals surface area contributed by atoms with Crippen LogP contribution in [0.4, 0.5) is 0 Å². The lowest BCUT2D eigenvalue weighted by Gasteiger charge is -2.07. The summed E-state index contributed by atoms with van der Waals surface area (Å²) in [5, 5.41) is 9.64. The Balaban J connectivity index is 2.51. The number of pyridine rings is 1. The molecular weight excluding hydrogens is 166 g/mol. The van der Waals surface area contributed by atoms with Crippen LogP contribution in [0.25, 0.3) is 0 Å². The highest BCUT2D eigenvalue weighted by molar-refractivity contribution is 5.97. The van der Waals surface area contributed by atoms with Gasteiger partial charge >= 0.3 is 0 Å². The zero-order valence-electron chi connectivity index (χ0n) is 7.23. The van der Waals surface area contributed by atoms with Gasteiger partial charge in [-0.25, -0.2) is 0 Å². The largest absolute Gasteiger partial charge is 0.387 e. The number of aromatic nitrogens is 1. The molecule has 0 aromatic carbocycles. The lowest BCUT2D eigenvalue weighted by Crippen LogP contribution is -2.04. The minimum atomic E-state index is -0.567. The first-order chi connectivity index (χ1) is 6.29. The van der Waals surface area contributed by atoms with Gasteiger partial charge in [-0.3, -0.25) is 9.78 Å². The molecule has 1 atom stereocenters. The maximum Gasteiger partial charge on any atom is 0.164 e. The quantitative estimate of drug-likeness (QED) is 0.611. The lowest BCUT2D eigenvalue weighted by atomic mass is 10.1. The number of hydrogen-bond donors (Lipinski definition) is 1. The van der Waals surface area contributed by atoms with Crippen molar-refractivity contribution in [1.29, 1.82) is 0 Å². The van der Waals surface area contributed by atoms with Crippen LogP contribution in [-0.4, -0.2) is 15.9 Å². The van der Waals surface area contributed by atoms with Gasteiger partial charge < -0.3 is 5.11 Å². The van der Waals surface area contributed by atoms with Crippen LogP contribution in [0.1, 0.15) is 41.4 Å². The summed E-state index contributed by atoms with van der Waals surface area (Å²) < 4.78 is 0. The molecule has 3 heteroatoms. The second kappa shape index (κ2) is 3.26. The highest BCUT2D eigenvalue weighted by Gasteiger charge is 2.21. The Kier molecular flexibility index (Phi) is 2.10. The second-order valence-electron chi connectivity index (χ2n) is 3.27. The fraction of sp³-hybridized carbons (Fsp3) is 0.400. The molecule has 0 aliphatic heterocycles. The van der Waals surface area contributed by atoms with Gasteiger partial charge in [0.05, 0.1) is 11.8 Å². The van der Waals surface area contributed by atoms with E-state index in [2.05, 4.69) is 4.98 Å². The average molecular weight is 177 g/mol. The molecule has 0 amide bonds. The summed E-state index contributed by atoms with van der Waals surface area (Å²) in [4.78, 5) is 15.5. The molecule has 2 rings (SSSR count). The van der Waals surface area contributed by atoms with Crippen LogP contribution in [0.2, 0.25) is 0 Å². The van der Waals surface area contributed by atoms with Crippen LogP contribution in [-0.2, 0) is 0 Å². The molecule has 0 saturated carbocycles. The average Bonchev–Trinajstić information content (AvgIpc) is 2.29. The first kappa shape index (κ1) is 8.38. The zero-order valence-corrected chi connectivity index (χ0v) is 7.23. The SMILES string of the molecule is O=C1CCC[C@@H](O)c2ncccc21. The number of Topliss-reactive ketones (excluding diaryl/α,β-unsaturated/α-hetero) is 1. The van der Waals surface area contributed by atoms with Crippen LogP contribution in [0.15, 0.2) is 18.3 Å². The van der Waals surface area contributed by atoms with Crippen molar-refractivity contribution in [2.45, 2.75) is 25.4 Å². The molecular formula is C10H11NO2. The monoisotopic (exact) mass is 177 g/mol. The molecule has 0 spiro atoms. The Morgan fingerprint density at radius 1 is 1.54 bits per heavy atom. The number of carbonyl (C=O) groups excluding carboxylic acids is 1. The van der Waals surface area contributed by atoms with Crippen molar-refractivity contribution in [3.63, 3.8) is 0 Å². The first-order valence-corrected chi connectivity index (χ1v) is 4.45. The molecule has 68 valence electrons. The van der Waals surface area contributed by atoms with Crippen molar-refractivity contribution in [2.24, 2.45) is 0 Å². The summed E-state index contributed by atoms with van der Waals surface area (Å²) in [6.07, 6.45) is 2.95. The van der Waals surface area contributed by atoms with Crippen molar-refractivity contribution in [2.75, 3.05) is 0 Å². The van der Waals surface area contributed by atoms with E-state index >= 15 is 0 Å². The van der Waals surface area contributed by atoms with E-state index in [0.29, 0.717) is 24.1 Å². The highest BCUT2D eigenvalue weighted by atomic mass is 16.3. The molecule has 0 bridgehead atoms. The summed E-state index contributed by atoms with van der Waals surface area (Å²) >= 11 is 0. The van der Waals surface area contributed by atoms with Gasteiger partial charge in [-0.1, -0.05) is 0 Å². The number of carbonyl (C=O) groups is 1. The standard InChI is InChI=1S/C10H11NO2/c12-8-4-1-5-9(13)10-7(8)3-2-6-11-10/h2-3,6,9,13H,1,4-5H2/t9-/m1/s1. The van der Waals surface area contributed by atoms with E-state index in [1.54, 1.807) is 18.3 Å². The Morgan fingerprint density at radius 3 is 3.23 bits per heavy atom. The molecule has 0 unspecified atom stereocenters. The van der Waals surface area contributed by atoms with Gasteiger partial charge in [0.1, 0.15) is 0 Å². The van der Waals surface area contributed by atoms with E-state index in [1.807, 2.05) is 0 Å². The fourth-order valence-electron chi connectivity index (χ4n) is 1.65. The second-order valence-corrected chi connectivity index (χ2v) is 3.27. The Labute approximate surface area is 76.4 Å². The number of aliphatic hydroxyl groups excluding tert-OH is 1. The van der Waals surface area contributed by atoms with Crippen LogP contribution < -0.4 is 0 Å². The van der Waals surface area contributed by atoms with Crippen molar-refractivity contribution in [3.05, 3.63) is 29.6 Å². The third kappa shape index (κ3) is 1.47. The Morgan fingerprint density at radius 2 is 2.38 bits per heavy atom. The van der Waals surface area contributed by atoms with Crippen molar-refractivity contribution >= 4 is 5.78 Å². The van der Waals surface area contributed by atoms with E-state index in [1.165, 1.54) is 0 Å². The van der Waals surface area contributed by atoms with Gasteiger partial charge in [-0.2, -0.15) is 0 Å². The van der Waals surface area contributed by atoms with Crippen LogP contribution >= 0.6 is 0 Å². The summed E-state index contributed by atoms with van der Waals surface area (Å²) in [7, 11) is 0. The molecule has 1 aromatic rings. The van der Waals surface area contributed by atoms with Gasteiger partial charge in [0.25, 0.3) is 0 Å². The number of ketones is 1. The number of aliphatic hydroxyl groups is 1. The van der Waals surface area contributed by atoms with Crippen LogP contribution in [0, 0.1) is 0 Å². The van der Waals surface area contributed by atoms with Crippen LogP contribution in [0.3, 0.4) is 0 Å². The highest BCUT2D eigenvalue weighted by Crippen LogP contribution is 2.26. The molecule has 1 aliphatic carbocycles. The molecule has 1 aromatic heterocycles. The molecule has 0 fully saturated rings. The predicted molar refractivity (Wildman–Crippen MR) is 47.4 cm³/mol. The van der Waals surface area contributed by atoms with Crippen LogP contribution in [0.5, 0.6) is 0 Å². The van der Waals surface area contributed by atoms with Gasteiger partial charge in [0, 0.05) is 18.2 Å². The van der Waals surface area contributed by atoms with E-state index in [0.717, 1.165) is 6.42 Å². The third-order valence-electron chi connectivity index (χ3n) is 2.34. The predicted octanol–water partition coefficient (Wildman–Crippen LogP) is 1.48. The molecule has 3 nitrogen and oxygen atoms in total. The first-order valence-electron chi connectivity index (χ1n) is 4.45. The Hall–Kier alpha value is -1.22. The fourth-order valence-corrected chi connectivity index (χ4v) is 1.65. The van der Waals surface area contributed by atoms with Crippen molar-refractivity contribution in [1.82, 2.24) is 4.98 Å². The van der Waals surface area contributed by atoms with Crippen molar-refractivity contribution < 1.29 is 9.90 Å². The molecule has 0 saturated heterocycles. The lowest BCUT2D eigenvalue weighted by molar-refractivity contribution is 0.0981. The van der Waals surface area contributed by atoms with Gasteiger partial charge in [0.15, 0.2) is 5.78 Å². The molecule has 1 aliphatic rings. The maximum absolute atomic E-state index is 11.5. The number of fused-ring (bicyclic) bond motifs is 1. The number of hydrogen-bond acceptors (Lipinski definition) is 3. The van der Waals surface area contributed by atoms with E-state index in [9.17, 15) is 9.90 Å². The van der Waals surface area contributed by atoms with Gasteiger partial charge in [-0.05, 0) is 25.0 Å². The summed E-state index contributed by atoms with van der Waals surface area (Å²) in [5.74, 6) is 0.0969. The van der Waals surface area contributed by atoms with E-state index in [4.69, 9.17) is 0 Å². The minimum absolute atomic E-state index is 0.0969. The van der Waals surface area contributed by atoms with Gasteiger partial charge in [0.2, 0.25) is 0 Å². The summed E-state index contributed by atoms with van der Waals surface area (Å²) in [6.45, 7) is 0. The minimum Gasteiger partial charge on any atom is -0.387 e. The normalized spacial score (nSPS) is 22.2. The molecule has 1 heterocycles. The van der Waals surface area contributed by atoms with Crippen molar-refractivity contribution in [3.8, 4) is 0 Å². The number of rotatable bonds is 0.